The first kappa shape index (κ1) is 19.4. The van der Waals surface area contributed by atoms with Crippen molar-refractivity contribution in [1.29, 1.82) is 0 Å². The van der Waals surface area contributed by atoms with Crippen molar-refractivity contribution < 1.29 is 18.8 Å². The van der Waals surface area contributed by atoms with Crippen LogP contribution in [0.3, 0.4) is 0 Å². The van der Waals surface area contributed by atoms with Crippen molar-refractivity contribution >= 4 is 23.4 Å². The Hall–Kier alpha value is -2.37. The lowest BCUT2D eigenvalue weighted by molar-refractivity contribution is -0.870. The summed E-state index contributed by atoms with van der Waals surface area (Å²) < 4.78 is 6.60. The molecule has 0 aliphatic carbocycles. The number of fused-ring (bicyclic) bond motifs is 1. The second-order valence-electron chi connectivity index (χ2n) is 7.82. The molecule has 5 nitrogen and oxygen atoms in total. The number of hydrogen-bond acceptors (Lipinski definition) is 3. The maximum atomic E-state index is 12.9. The van der Waals surface area contributed by atoms with Gasteiger partial charge in [0.1, 0.15) is 18.9 Å². The first-order chi connectivity index (χ1) is 12.7. The molecule has 0 unspecified atom stereocenters. The molecule has 1 aliphatic heterocycles. The van der Waals surface area contributed by atoms with E-state index in [2.05, 4.69) is 21.1 Å². The van der Waals surface area contributed by atoms with Crippen LogP contribution >= 0.6 is 11.6 Å². The Bertz CT molecular complexity index is 903. The lowest BCUT2D eigenvalue weighted by Crippen LogP contribution is -2.38. The highest BCUT2D eigenvalue weighted by atomic mass is 35.5. The molecule has 0 atom stereocenters. The third-order valence-corrected chi connectivity index (χ3v) is 4.97. The maximum absolute atomic E-state index is 12.9. The van der Waals surface area contributed by atoms with Gasteiger partial charge in [0.25, 0.3) is 11.8 Å². The number of nitrogens with zero attached hydrogens (tertiary/aromatic N) is 2. The standard InChI is InChI=1S/C21H24ClN2O3/c1-14-12-15(8-9-17(14)22)13-23-20(25)16-6-5-7-18(19(16)21(23)26)27-11-10-24(2,3)4/h5-9,12H,10-11,13H2,1-4H3/q+1. The summed E-state index contributed by atoms with van der Waals surface area (Å²) in [5.74, 6) is -0.141. The Balaban J connectivity index is 1.82. The molecule has 0 saturated heterocycles. The van der Waals surface area contributed by atoms with E-state index < -0.39 is 0 Å². The minimum atomic E-state index is -0.316. The Kier molecular flexibility index (Phi) is 5.27. The number of benzene rings is 2. The third-order valence-electron chi connectivity index (χ3n) is 4.54. The Morgan fingerprint density at radius 3 is 2.48 bits per heavy atom. The molecule has 1 heterocycles. The van der Waals surface area contributed by atoms with Gasteiger partial charge in [-0.05, 0) is 36.2 Å². The Morgan fingerprint density at radius 1 is 1.07 bits per heavy atom. The van der Waals surface area contributed by atoms with Gasteiger partial charge in [-0.3, -0.25) is 14.5 Å². The van der Waals surface area contributed by atoms with Crippen LogP contribution in [-0.4, -0.2) is 55.5 Å². The van der Waals surface area contributed by atoms with Gasteiger partial charge in [-0.25, -0.2) is 0 Å². The highest BCUT2D eigenvalue weighted by Crippen LogP contribution is 2.32. The lowest BCUT2D eigenvalue weighted by atomic mass is 10.1. The third kappa shape index (κ3) is 4.15. The lowest BCUT2D eigenvalue weighted by Gasteiger charge is -2.23. The van der Waals surface area contributed by atoms with Crippen molar-refractivity contribution in [3.63, 3.8) is 0 Å². The molecular weight excluding hydrogens is 364 g/mol. The zero-order valence-electron chi connectivity index (χ0n) is 16.1. The zero-order chi connectivity index (χ0) is 19.8. The molecule has 0 N–H and O–H groups in total. The molecule has 6 heteroatoms. The number of rotatable bonds is 6. The Labute approximate surface area is 164 Å². The van der Waals surface area contributed by atoms with Gasteiger partial charge in [0.15, 0.2) is 0 Å². The molecule has 0 saturated carbocycles. The number of likely N-dealkylation sites (N-methyl/N-ethyl adjacent to an activating group) is 1. The van der Waals surface area contributed by atoms with Crippen LogP contribution in [0.15, 0.2) is 36.4 Å². The van der Waals surface area contributed by atoms with Crippen LogP contribution in [0, 0.1) is 6.92 Å². The molecule has 0 spiro atoms. The summed E-state index contributed by atoms with van der Waals surface area (Å²) in [5, 5.41) is 0.661. The number of imide groups is 1. The fourth-order valence-corrected chi connectivity index (χ4v) is 3.10. The number of carbonyl (C=O) groups excluding carboxylic acids is 2. The van der Waals surface area contributed by atoms with E-state index in [0.29, 0.717) is 28.5 Å². The van der Waals surface area contributed by atoms with Crippen molar-refractivity contribution in [2.24, 2.45) is 0 Å². The van der Waals surface area contributed by atoms with Gasteiger partial charge in [-0.1, -0.05) is 29.8 Å². The zero-order valence-corrected chi connectivity index (χ0v) is 16.8. The molecule has 0 fully saturated rings. The largest absolute Gasteiger partial charge is 0.487 e. The van der Waals surface area contributed by atoms with Crippen LogP contribution in [0.4, 0.5) is 0 Å². The summed E-state index contributed by atoms with van der Waals surface area (Å²) in [6.45, 7) is 3.37. The normalized spacial score (nSPS) is 13.9. The van der Waals surface area contributed by atoms with Crippen molar-refractivity contribution in [3.05, 3.63) is 63.7 Å². The predicted molar refractivity (Wildman–Crippen MR) is 105 cm³/mol. The van der Waals surface area contributed by atoms with Crippen molar-refractivity contribution in [1.82, 2.24) is 4.90 Å². The van der Waals surface area contributed by atoms with Crippen LogP contribution in [-0.2, 0) is 6.54 Å². The monoisotopic (exact) mass is 387 g/mol. The first-order valence-corrected chi connectivity index (χ1v) is 9.22. The van der Waals surface area contributed by atoms with Crippen LogP contribution in [0.5, 0.6) is 5.75 Å². The van der Waals surface area contributed by atoms with Crippen LogP contribution in [0.2, 0.25) is 5.02 Å². The van der Waals surface area contributed by atoms with Crippen LogP contribution in [0.1, 0.15) is 31.8 Å². The van der Waals surface area contributed by atoms with Crippen molar-refractivity contribution in [2.45, 2.75) is 13.5 Å². The molecule has 2 aromatic rings. The summed E-state index contributed by atoms with van der Waals surface area (Å²) in [5.41, 5.74) is 2.53. The van der Waals surface area contributed by atoms with Gasteiger partial charge in [0.2, 0.25) is 0 Å². The van der Waals surface area contributed by atoms with Gasteiger partial charge in [-0.2, -0.15) is 0 Å². The number of ether oxygens (including phenoxy) is 1. The highest BCUT2D eigenvalue weighted by molar-refractivity contribution is 6.31. The van der Waals surface area contributed by atoms with Gasteiger partial charge in [-0.15, -0.1) is 0 Å². The molecule has 1 aliphatic rings. The second kappa shape index (κ2) is 7.33. The summed E-state index contributed by atoms with van der Waals surface area (Å²) in [6, 6.07) is 10.7. The summed E-state index contributed by atoms with van der Waals surface area (Å²) in [4.78, 5) is 27.0. The van der Waals surface area contributed by atoms with E-state index in [1.165, 1.54) is 4.90 Å². The first-order valence-electron chi connectivity index (χ1n) is 8.85. The number of halogens is 1. The van der Waals surface area contributed by atoms with E-state index >= 15 is 0 Å². The molecule has 2 aromatic carbocycles. The average molecular weight is 388 g/mol. The number of aryl methyl sites for hydroxylation is 1. The van der Waals surface area contributed by atoms with E-state index in [1.807, 2.05) is 19.1 Å². The average Bonchev–Trinajstić information content (AvgIpc) is 2.83. The minimum Gasteiger partial charge on any atom is -0.487 e. The molecule has 3 rings (SSSR count). The predicted octanol–water partition coefficient (Wildman–Crippen LogP) is 3.53. The van der Waals surface area contributed by atoms with Crippen molar-refractivity contribution in [2.75, 3.05) is 34.3 Å². The fourth-order valence-electron chi connectivity index (χ4n) is 2.98. The Morgan fingerprint density at radius 2 is 1.81 bits per heavy atom. The van der Waals surface area contributed by atoms with E-state index in [4.69, 9.17) is 16.3 Å². The minimum absolute atomic E-state index is 0.211. The highest BCUT2D eigenvalue weighted by Gasteiger charge is 2.38. The second-order valence-corrected chi connectivity index (χ2v) is 8.23. The SMILES string of the molecule is Cc1cc(CN2C(=O)c3cccc(OCC[N+](C)(C)C)c3C2=O)ccc1Cl. The van der Waals surface area contributed by atoms with Crippen LogP contribution in [0.25, 0.3) is 0 Å². The smallest absolute Gasteiger partial charge is 0.265 e. The topological polar surface area (TPSA) is 46.6 Å². The van der Waals surface area contributed by atoms with E-state index in [1.54, 1.807) is 24.3 Å². The van der Waals surface area contributed by atoms with Crippen LogP contribution < -0.4 is 4.74 Å². The summed E-state index contributed by atoms with van der Waals surface area (Å²) in [7, 11) is 6.22. The van der Waals surface area contributed by atoms with E-state index in [-0.39, 0.29) is 18.4 Å². The molecule has 0 radical (unpaired) electrons. The number of hydrogen-bond donors (Lipinski definition) is 0. The van der Waals surface area contributed by atoms with Gasteiger partial charge >= 0.3 is 0 Å². The fraction of sp³-hybridized carbons (Fsp3) is 0.333. The number of quaternary nitrogens is 1. The van der Waals surface area contributed by atoms with Gasteiger partial charge in [0.05, 0.1) is 38.8 Å². The molecule has 2 amide bonds. The van der Waals surface area contributed by atoms with Gasteiger partial charge in [0, 0.05) is 5.02 Å². The molecule has 0 bridgehead atoms. The molecule has 142 valence electrons. The quantitative estimate of drug-likeness (QED) is 0.562. The van der Waals surface area contributed by atoms with E-state index in [0.717, 1.165) is 22.2 Å². The van der Waals surface area contributed by atoms with E-state index in [9.17, 15) is 9.59 Å². The number of carbonyl (C=O) groups is 2. The molecular formula is C21H24ClN2O3+. The maximum Gasteiger partial charge on any atom is 0.265 e. The summed E-state index contributed by atoms with van der Waals surface area (Å²) in [6.07, 6.45) is 0. The van der Waals surface area contributed by atoms with Gasteiger partial charge < -0.3 is 9.22 Å². The summed E-state index contributed by atoms with van der Waals surface area (Å²) >= 11 is 6.06. The molecule has 0 aromatic heterocycles. The molecule has 27 heavy (non-hydrogen) atoms. The van der Waals surface area contributed by atoms with Crippen molar-refractivity contribution in [3.8, 4) is 5.75 Å². The number of amides is 2.